The second-order valence-corrected chi connectivity index (χ2v) is 10.6. The summed E-state index contributed by atoms with van der Waals surface area (Å²) in [5, 5.41) is 34.8. The molecule has 5 heteroatoms. The molecule has 2 heterocycles. The number of rotatable bonds is 3. The topological polar surface area (TPSA) is 97.7 Å². The number of furan rings is 2. The van der Waals surface area contributed by atoms with Gasteiger partial charge in [-0.3, -0.25) is 0 Å². The first-order chi connectivity index (χ1) is 21.7. The van der Waals surface area contributed by atoms with E-state index in [2.05, 4.69) is 18.2 Å². The van der Waals surface area contributed by atoms with Crippen molar-refractivity contribution in [3.8, 4) is 51.6 Å². The molecule has 0 aliphatic rings. The number of nitrogens with zero attached hydrogens (tertiary/aromatic N) is 3. The van der Waals surface area contributed by atoms with Gasteiger partial charge in [-0.1, -0.05) is 60.7 Å². The van der Waals surface area contributed by atoms with Gasteiger partial charge in [0.15, 0.2) is 0 Å². The first kappa shape index (κ1) is 25.1. The van der Waals surface area contributed by atoms with E-state index in [4.69, 9.17) is 8.83 Å². The predicted molar refractivity (Wildman–Crippen MR) is 171 cm³/mol. The molecule has 0 aliphatic heterocycles. The number of hydrogen-bond donors (Lipinski definition) is 0. The SMILES string of the molecule is N#Cc1cccc(-c2c(C#N)c(-c3ccc4oc5ccccc5c4c3)cc(-c3ccc4oc5ccccc5c4c3)c2C#N)c1. The first-order valence-electron chi connectivity index (χ1n) is 14.0. The monoisotopic (exact) mass is 561 g/mol. The van der Waals surface area contributed by atoms with Crippen LogP contribution in [0, 0.1) is 34.0 Å². The third kappa shape index (κ3) is 3.77. The molecule has 0 unspecified atom stereocenters. The normalized spacial score (nSPS) is 11.1. The Kier molecular flexibility index (Phi) is 5.56. The smallest absolute Gasteiger partial charge is 0.135 e. The molecule has 2 aromatic heterocycles. The number of nitriles is 3. The van der Waals surface area contributed by atoms with Crippen molar-refractivity contribution in [2.45, 2.75) is 0 Å². The van der Waals surface area contributed by atoms with Crippen LogP contribution in [0.3, 0.4) is 0 Å². The first-order valence-corrected chi connectivity index (χ1v) is 14.0. The fraction of sp³-hybridized carbons (Fsp3) is 0. The third-order valence-corrected chi connectivity index (χ3v) is 8.21. The highest BCUT2D eigenvalue weighted by Crippen LogP contribution is 2.43. The summed E-state index contributed by atoms with van der Waals surface area (Å²) in [5.41, 5.74) is 8.38. The minimum absolute atomic E-state index is 0.363. The van der Waals surface area contributed by atoms with Gasteiger partial charge in [0.25, 0.3) is 0 Å². The molecule has 44 heavy (non-hydrogen) atoms. The Bertz CT molecular complexity index is 2450. The zero-order chi connectivity index (χ0) is 29.8. The summed E-state index contributed by atoms with van der Waals surface area (Å²) in [4.78, 5) is 0. The van der Waals surface area contributed by atoms with E-state index in [1.165, 1.54) is 0 Å². The largest absolute Gasteiger partial charge is 0.456 e. The van der Waals surface area contributed by atoms with Gasteiger partial charge in [-0.25, -0.2) is 0 Å². The average Bonchev–Trinajstić information content (AvgIpc) is 3.64. The van der Waals surface area contributed by atoms with Crippen LogP contribution in [0.1, 0.15) is 16.7 Å². The summed E-state index contributed by atoms with van der Waals surface area (Å²) in [5.74, 6) is 0. The van der Waals surface area contributed by atoms with E-state index in [0.29, 0.717) is 38.9 Å². The van der Waals surface area contributed by atoms with E-state index in [9.17, 15) is 15.8 Å². The molecule has 0 atom stereocenters. The quantitative estimate of drug-likeness (QED) is 0.214. The molecular formula is C39H19N3O2. The molecule has 0 saturated heterocycles. The Labute approximate surface area is 251 Å². The van der Waals surface area contributed by atoms with Crippen LogP contribution < -0.4 is 0 Å². The molecule has 0 spiro atoms. The Morgan fingerprint density at radius 1 is 0.409 bits per heavy atom. The van der Waals surface area contributed by atoms with Gasteiger partial charge in [0.1, 0.15) is 34.5 Å². The summed E-state index contributed by atoms with van der Waals surface area (Å²) in [7, 11) is 0. The maximum Gasteiger partial charge on any atom is 0.135 e. The van der Waals surface area contributed by atoms with Crippen LogP contribution in [0.2, 0.25) is 0 Å². The fourth-order valence-electron chi connectivity index (χ4n) is 6.19. The van der Waals surface area contributed by atoms with Crippen LogP contribution in [0.4, 0.5) is 0 Å². The van der Waals surface area contributed by atoms with Gasteiger partial charge in [0, 0.05) is 38.2 Å². The van der Waals surface area contributed by atoms with Crippen molar-refractivity contribution in [1.29, 1.82) is 15.8 Å². The van der Waals surface area contributed by atoms with E-state index in [1.54, 1.807) is 18.2 Å². The average molecular weight is 562 g/mol. The van der Waals surface area contributed by atoms with Crippen LogP contribution in [-0.4, -0.2) is 0 Å². The van der Waals surface area contributed by atoms with E-state index in [0.717, 1.165) is 55.0 Å². The highest BCUT2D eigenvalue weighted by molar-refractivity contribution is 6.08. The van der Waals surface area contributed by atoms with Gasteiger partial charge in [0.05, 0.1) is 22.8 Å². The van der Waals surface area contributed by atoms with E-state index in [-0.39, 0.29) is 0 Å². The van der Waals surface area contributed by atoms with Gasteiger partial charge in [-0.05, 0) is 71.3 Å². The fourth-order valence-corrected chi connectivity index (χ4v) is 6.19. The van der Waals surface area contributed by atoms with Crippen molar-refractivity contribution < 1.29 is 8.83 Å². The maximum absolute atomic E-state index is 10.7. The van der Waals surface area contributed by atoms with Crippen LogP contribution in [0.15, 0.2) is 124 Å². The van der Waals surface area contributed by atoms with E-state index >= 15 is 0 Å². The van der Waals surface area contributed by atoms with Gasteiger partial charge < -0.3 is 8.83 Å². The van der Waals surface area contributed by atoms with Crippen molar-refractivity contribution in [3.05, 3.63) is 132 Å². The summed E-state index contributed by atoms with van der Waals surface area (Å²) in [6.45, 7) is 0. The Morgan fingerprint density at radius 2 is 0.932 bits per heavy atom. The standard InChI is InChI=1S/C39H19N3O2/c40-20-23-6-5-7-26(16-23)39-33(21-41)29(24-12-14-37-31(17-24)27-8-1-3-10-35(27)43-37)19-30(34(39)22-42)25-13-15-38-32(18-25)28-9-2-4-11-36(28)44-38/h1-19H. The lowest BCUT2D eigenvalue weighted by molar-refractivity contribution is 0.668. The molecule has 0 amide bonds. The van der Waals surface area contributed by atoms with Crippen LogP contribution >= 0.6 is 0 Å². The summed E-state index contributed by atoms with van der Waals surface area (Å²) in [6.07, 6.45) is 0. The minimum atomic E-state index is 0.363. The number of benzene rings is 6. The van der Waals surface area contributed by atoms with Crippen molar-refractivity contribution in [1.82, 2.24) is 0 Å². The Hall–Kier alpha value is -6.61. The van der Waals surface area contributed by atoms with E-state index < -0.39 is 0 Å². The molecule has 0 N–H and O–H groups in total. The molecule has 0 aliphatic carbocycles. The van der Waals surface area contributed by atoms with Gasteiger partial charge in [0.2, 0.25) is 0 Å². The second kappa shape index (κ2) is 9.74. The Balaban J connectivity index is 1.47. The van der Waals surface area contributed by atoms with Crippen molar-refractivity contribution in [2.24, 2.45) is 0 Å². The molecular weight excluding hydrogens is 542 g/mol. The molecule has 0 fully saturated rings. The zero-order valence-corrected chi connectivity index (χ0v) is 23.1. The lowest BCUT2D eigenvalue weighted by Gasteiger charge is -2.17. The maximum atomic E-state index is 10.7. The van der Waals surface area contributed by atoms with Gasteiger partial charge in [-0.2, -0.15) is 15.8 Å². The molecule has 8 aromatic rings. The molecule has 8 rings (SSSR count). The van der Waals surface area contributed by atoms with Gasteiger partial charge >= 0.3 is 0 Å². The summed E-state index contributed by atoms with van der Waals surface area (Å²) < 4.78 is 12.1. The molecule has 0 saturated carbocycles. The predicted octanol–water partition coefficient (Wildman–Crippen LogP) is 10.1. The molecule has 0 bridgehead atoms. The second-order valence-electron chi connectivity index (χ2n) is 10.6. The number of para-hydroxylation sites is 2. The number of hydrogen-bond acceptors (Lipinski definition) is 5. The Morgan fingerprint density at radius 3 is 1.45 bits per heavy atom. The summed E-state index contributed by atoms with van der Waals surface area (Å²) in [6, 6.07) is 43.5. The van der Waals surface area contributed by atoms with Crippen molar-refractivity contribution in [3.63, 3.8) is 0 Å². The highest BCUT2D eigenvalue weighted by Gasteiger charge is 2.23. The molecule has 0 radical (unpaired) electrons. The van der Waals surface area contributed by atoms with Crippen LogP contribution in [0.5, 0.6) is 0 Å². The molecule has 202 valence electrons. The van der Waals surface area contributed by atoms with Crippen molar-refractivity contribution >= 4 is 43.9 Å². The zero-order valence-electron chi connectivity index (χ0n) is 23.1. The molecule has 6 aromatic carbocycles. The summed E-state index contributed by atoms with van der Waals surface area (Å²) >= 11 is 0. The minimum Gasteiger partial charge on any atom is -0.456 e. The lowest BCUT2D eigenvalue weighted by Crippen LogP contribution is -1.98. The lowest BCUT2D eigenvalue weighted by atomic mass is 9.83. The van der Waals surface area contributed by atoms with Crippen molar-refractivity contribution in [2.75, 3.05) is 0 Å². The number of fused-ring (bicyclic) bond motifs is 6. The van der Waals surface area contributed by atoms with Crippen LogP contribution in [-0.2, 0) is 0 Å². The third-order valence-electron chi connectivity index (χ3n) is 8.21. The van der Waals surface area contributed by atoms with E-state index in [1.807, 2.05) is 97.1 Å². The van der Waals surface area contributed by atoms with Gasteiger partial charge in [-0.15, -0.1) is 0 Å². The highest BCUT2D eigenvalue weighted by atomic mass is 16.3. The molecule has 5 nitrogen and oxygen atoms in total. The van der Waals surface area contributed by atoms with Crippen LogP contribution in [0.25, 0.3) is 77.3 Å².